The molecule has 77 valence electrons. The van der Waals surface area contributed by atoms with Gasteiger partial charge in [0.1, 0.15) is 0 Å². The van der Waals surface area contributed by atoms with Gasteiger partial charge in [-0.2, -0.15) is 6.42 Å². The van der Waals surface area contributed by atoms with E-state index < -0.39 is 0 Å². The van der Waals surface area contributed by atoms with Gasteiger partial charge < -0.3 is 6.92 Å². The quantitative estimate of drug-likeness (QED) is 0.649. The molecule has 1 heteroatoms. The smallest absolute Gasteiger partial charge is 0 e. The maximum absolute atomic E-state index is 4.06. The van der Waals surface area contributed by atoms with Crippen LogP contribution in [0.15, 0.2) is 0 Å². The van der Waals surface area contributed by atoms with Crippen molar-refractivity contribution in [2.45, 2.75) is 65.7 Å². The fraction of sp³-hybridized carbons (Fsp3) is 0.917. The summed E-state index contributed by atoms with van der Waals surface area (Å²) in [5.74, 6) is 0. The van der Waals surface area contributed by atoms with Crippen LogP contribution in [0, 0.1) is 12.3 Å². The summed E-state index contributed by atoms with van der Waals surface area (Å²) in [7, 11) is 0. The molecule has 1 radical (unpaired) electrons. The van der Waals surface area contributed by atoms with Crippen LogP contribution in [0.5, 0.6) is 0 Å². The maximum Gasteiger partial charge on any atom is 0 e. The first kappa shape index (κ1) is 16.5. The monoisotopic (exact) mass is 258 g/mol. The van der Waals surface area contributed by atoms with Crippen LogP contribution in [-0.2, 0) is 32.7 Å². The van der Waals surface area contributed by atoms with Gasteiger partial charge in [-0.15, -0.1) is 0 Å². The number of rotatable bonds is 3. The zero-order valence-electron chi connectivity index (χ0n) is 9.73. The Balaban J connectivity index is 0. The molecule has 1 aliphatic carbocycles. The molecular formula is C12H25Y-. The molecule has 1 fully saturated rings. The first-order valence-electron chi connectivity index (χ1n) is 5.62. The molecule has 0 nitrogen and oxygen atoms in total. The Labute approximate surface area is 110 Å². The molecule has 0 spiro atoms. The Kier molecular flexibility index (Phi) is 12.3. The third-order valence-electron chi connectivity index (χ3n) is 2.97. The summed E-state index contributed by atoms with van der Waals surface area (Å²) in [6.45, 7) is 10.3. The molecule has 0 saturated heterocycles. The number of hydrogen-bond donors (Lipinski definition) is 0. The van der Waals surface area contributed by atoms with E-state index in [4.69, 9.17) is 0 Å². The van der Waals surface area contributed by atoms with Crippen LogP contribution >= 0.6 is 0 Å². The molecule has 0 unspecified atom stereocenters. The van der Waals surface area contributed by atoms with E-state index in [-0.39, 0.29) is 32.7 Å². The maximum atomic E-state index is 4.06. The van der Waals surface area contributed by atoms with Gasteiger partial charge in [0.25, 0.3) is 0 Å². The minimum Gasteiger partial charge on any atom is -0.343 e. The van der Waals surface area contributed by atoms with Gasteiger partial charge in [0, 0.05) is 32.7 Å². The second kappa shape index (κ2) is 9.65. The van der Waals surface area contributed by atoms with Crippen molar-refractivity contribution in [2.75, 3.05) is 0 Å². The van der Waals surface area contributed by atoms with Gasteiger partial charge in [0.2, 0.25) is 0 Å². The molecule has 0 aromatic carbocycles. The SMILES string of the molecule is CC.[CH2-]CC1(CCC)CCCC1.[Y]. The predicted molar refractivity (Wildman–Crippen MR) is 57.1 cm³/mol. The van der Waals surface area contributed by atoms with Crippen molar-refractivity contribution >= 4 is 0 Å². The van der Waals surface area contributed by atoms with Crippen molar-refractivity contribution in [3.8, 4) is 0 Å². The molecule has 0 N–H and O–H groups in total. The second-order valence-electron chi connectivity index (χ2n) is 3.71. The first-order valence-corrected chi connectivity index (χ1v) is 5.62. The molecule has 1 aliphatic rings. The summed E-state index contributed by atoms with van der Waals surface area (Å²) in [4.78, 5) is 0. The van der Waals surface area contributed by atoms with Crippen molar-refractivity contribution in [2.24, 2.45) is 5.41 Å². The van der Waals surface area contributed by atoms with E-state index in [0.717, 1.165) is 0 Å². The average molecular weight is 258 g/mol. The van der Waals surface area contributed by atoms with Gasteiger partial charge in [0.05, 0.1) is 0 Å². The summed E-state index contributed by atoms with van der Waals surface area (Å²) < 4.78 is 0. The van der Waals surface area contributed by atoms with E-state index in [2.05, 4.69) is 13.8 Å². The van der Waals surface area contributed by atoms with Crippen LogP contribution in [0.2, 0.25) is 0 Å². The summed E-state index contributed by atoms with van der Waals surface area (Å²) in [5, 5.41) is 0. The standard InChI is InChI=1S/C10H19.C2H6.Y/c1-3-7-10(4-2)8-5-6-9-10;1-2;/h2-9H2,1H3;1-2H3;/q-1;;. The Morgan fingerprint density at radius 2 is 1.62 bits per heavy atom. The molecule has 0 bridgehead atoms. The van der Waals surface area contributed by atoms with E-state index in [1.165, 1.54) is 44.9 Å². The van der Waals surface area contributed by atoms with Crippen LogP contribution in [0.1, 0.15) is 65.7 Å². The topological polar surface area (TPSA) is 0 Å². The minimum absolute atomic E-state index is 0. The third kappa shape index (κ3) is 5.52. The Morgan fingerprint density at radius 3 is 1.92 bits per heavy atom. The Hall–Kier alpha value is 1.10. The largest absolute Gasteiger partial charge is 0.343 e. The van der Waals surface area contributed by atoms with E-state index in [1.807, 2.05) is 13.8 Å². The molecule has 0 atom stereocenters. The molecule has 0 aromatic heterocycles. The fourth-order valence-corrected chi connectivity index (χ4v) is 2.28. The zero-order valence-corrected chi connectivity index (χ0v) is 12.6. The van der Waals surface area contributed by atoms with Gasteiger partial charge in [-0.3, -0.25) is 0 Å². The fourth-order valence-electron chi connectivity index (χ4n) is 2.28. The van der Waals surface area contributed by atoms with Crippen molar-refractivity contribution in [1.29, 1.82) is 0 Å². The zero-order chi connectivity index (χ0) is 9.45. The van der Waals surface area contributed by atoms with Crippen molar-refractivity contribution in [1.82, 2.24) is 0 Å². The van der Waals surface area contributed by atoms with Crippen LogP contribution in [0.4, 0.5) is 0 Å². The average Bonchev–Trinajstić information content (AvgIpc) is 2.58. The van der Waals surface area contributed by atoms with Gasteiger partial charge in [0.15, 0.2) is 0 Å². The third-order valence-corrected chi connectivity index (χ3v) is 2.97. The van der Waals surface area contributed by atoms with Gasteiger partial charge in [-0.05, 0) is 0 Å². The van der Waals surface area contributed by atoms with Crippen LogP contribution in [-0.4, -0.2) is 0 Å². The van der Waals surface area contributed by atoms with Gasteiger partial charge in [-0.25, -0.2) is 0 Å². The van der Waals surface area contributed by atoms with E-state index in [0.29, 0.717) is 5.41 Å². The molecule has 0 amide bonds. The molecular weight excluding hydrogens is 233 g/mol. The molecule has 0 heterocycles. The summed E-state index contributed by atoms with van der Waals surface area (Å²) >= 11 is 0. The summed E-state index contributed by atoms with van der Waals surface area (Å²) in [5.41, 5.74) is 0.675. The second-order valence-corrected chi connectivity index (χ2v) is 3.71. The van der Waals surface area contributed by atoms with Gasteiger partial charge >= 0.3 is 0 Å². The van der Waals surface area contributed by atoms with Gasteiger partial charge in [-0.1, -0.05) is 64.7 Å². The molecule has 0 aromatic rings. The molecule has 1 saturated carbocycles. The summed E-state index contributed by atoms with van der Waals surface area (Å²) in [6.07, 6.45) is 9.73. The predicted octanol–water partition coefficient (Wildman–Crippen LogP) is 4.59. The van der Waals surface area contributed by atoms with Crippen LogP contribution < -0.4 is 0 Å². The molecule has 13 heavy (non-hydrogen) atoms. The van der Waals surface area contributed by atoms with E-state index in [1.54, 1.807) is 0 Å². The molecule has 1 rings (SSSR count). The Morgan fingerprint density at radius 1 is 1.15 bits per heavy atom. The van der Waals surface area contributed by atoms with Crippen molar-refractivity contribution in [3.63, 3.8) is 0 Å². The van der Waals surface area contributed by atoms with E-state index >= 15 is 0 Å². The van der Waals surface area contributed by atoms with Crippen molar-refractivity contribution < 1.29 is 32.7 Å². The first-order chi connectivity index (χ1) is 5.83. The van der Waals surface area contributed by atoms with E-state index in [9.17, 15) is 0 Å². The van der Waals surface area contributed by atoms with Crippen LogP contribution in [0.25, 0.3) is 0 Å². The summed E-state index contributed by atoms with van der Waals surface area (Å²) in [6, 6.07) is 0. The molecule has 0 aliphatic heterocycles. The number of hydrogen-bond acceptors (Lipinski definition) is 0. The van der Waals surface area contributed by atoms with Crippen molar-refractivity contribution in [3.05, 3.63) is 6.92 Å². The van der Waals surface area contributed by atoms with Crippen LogP contribution in [0.3, 0.4) is 0 Å². The minimum atomic E-state index is 0. The Bertz CT molecular complexity index is 93.3. The normalized spacial score (nSPS) is 18.5.